The van der Waals surface area contributed by atoms with Gasteiger partial charge in [-0.15, -0.1) is 0 Å². The molecule has 0 spiro atoms. The van der Waals surface area contributed by atoms with Crippen molar-refractivity contribution in [3.05, 3.63) is 74.7 Å². The van der Waals surface area contributed by atoms with Crippen LogP contribution in [-0.2, 0) is 6.54 Å². The highest BCUT2D eigenvalue weighted by atomic mass is 16.5. The number of pyridine rings is 2. The second kappa shape index (κ2) is 5.48. The van der Waals surface area contributed by atoms with E-state index in [0.29, 0.717) is 11.3 Å². The molecule has 6 heteroatoms. The fourth-order valence-electron chi connectivity index (χ4n) is 2.41. The quantitative estimate of drug-likeness (QED) is 0.729. The number of nitrogens with zero attached hydrogens (tertiary/aromatic N) is 3. The van der Waals surface area contributed by atoms with Crippen LogP contribution in [0.3, 0.4) is 0 Å². The number of ether oxygens (including phenoxy) is 1. The van der Waals surface area contributed by atoms with Crippen LogP contribution in [0.25, 0.3) is 5.65 Å². The Balaban J connectivity index is 2.09. The SMILES string of the molecule is COc1cccn(Cc2cc(=O)n3c(C)cccc3n2)c1=O. The molecule has 0 aliphatic rings. The smallest absolute Gasteiger partial charge is 0.293 e. The van der Waals surface area contributed by atoms with Crippen LogP contribution in [0, 0.1) is 6.92 Å². The summed E-state index contributed by atoms with van der Waals surface area (Å²) >= 11 is 0. The van der Waals surface area contributed by atoms with E-state index in [1.807, 2.05) is 19.1 Å². The molecule has 3 heterocycles. The van der Waals surface area contributed by atoms with Gasteiger partial charge in [-0.1, -0.05) is 6.07 Å². The lowest BCUT2D eigenvalue weighted by Gasteiger charge is -2.09. The number of aromatic nitrogens is 3. The van der Waals surface area contributed by atoms with E-state index < -0.39 is 0 Å². The van der Waals surface area contributed by atoms with Crippen molar-refractivity contribution in [2.75, 3.05) is 7.11 Å². The maximum absolute atomic E-state index is 12.2. The summed E-state index contributed by atoms with van der Waals surface area (Å²) < 4.78 is 8.02. The topological polar surface area (TPSA) is 65.6 Å². The Kier molecular flexibility index (Phi) is 3.50. The number of methoxy groups -OCH3 is 1. The Hall–Kier alpha value is -2.89. The van der Waals surface area contributed by atoms with Gasteiger partial charge in [0.05, 0.1) is 19.3 Å². The Morgan fingerprint density at radius 2 is 2.00 bits per heavy atom. The molecule has 0 aromatic carbocycles. The maximum Gasteiger partial charge on any atom is 0.293 e. The van der Waals surface area contributed by atoms with Gasteiger partial charge in [-0.05, 0) is 31.2 Å². The molecule has 0 saturated carbocycles. The summed E-state index contributed by atoms with van der Waals surface area (Å²) in [5.41, 5.74) is 1.51. The zero-order chi connectivity index (χ0) is 15.7. The molecule has 0 fully saturated rings. The highest BCUT2D eigenvalue weighted by Gasteiger charge is 2.07. The molecule has 3 aromatic heterocycles. The summed E-state index contributed by atoms with van der Waals surface area (Å²) in [5.74, 6) is 0.260. The summed E-state index contributed by atoms with van der Waals surface area (Å²) in [4.78, 5) is 28.8. The van der Waals surface area contributed by atoms with Crippen LogP contribution in [0.15, 0.2) is 52.2 Å². The van der Waals surface area contributed by atoms with Gasteiger partial charge in [0.1, 0.15) is 5.65 Å². The van der Waals surface area contributed by atoms with E-state index in [2.05, 4.69) is 4.98 Å². The predicted molar refractivity (Wildman–Crippen MR) is 82.6 cm³/mol. The fraction of sp³-hybridized carbons (Fsp3) is 0.188. The van der Waals surface area contributed by atoms with Crippen molar-refractivity contribution < 1.29 is 4.74 Å². The Morgan fingerprint density at radius 1 is 1.18 bits per heavy atom. The number of hydrogen-bond donors (Lipinski definition) is 0. The third-order valence-electron chi connectivity index (χ3n) is 3.47. The van der Waals surface area contributed by atoms with Crippen molar-refractivity contribution in [2.24, 2.45) is 0 Å². The lowest BCUT2D eigenvalue weighted by Crippen LogP contribution is -2.24. The van der Waals surface area contributed by atoms with Gasteiger partial charge in [0, 0.05) is 18.0 Å². The first-order valence-electron chi connectivity index (χ1n) is 6.82. The van der Waals surface area contributed by atoms with Crippen molar-refractivity contribution in [3.63, 3.8) is 0 Å². The van der Waals surface area contributed by atoms with Crippen molar-refractivity contribution in [1.29, 1.82) is 0 Å². The number of hydrogen-bond acceptors (Lipinski definition) is 4. The molecule has 3 aromatic rings. The van der Waals surface area contributed by atoms with Crippen molar-refractivity contribution in [1.82, 2.24) is 14.0 Å². The molecule has 0 saturated heterocycles. The first kappa shape index (κ1) is 14.1. The minimum atomic E-state index is -0.253. The van der Waals surface area contributed by atoms with E-state index in [9.17, 15) is 9.59 Å². The highest BCUT2D eigenvalue weighted by molar-refractivity contribution is 5.40. The second-order valence-electron chi connectivity index (χ2n) is 4.96. The lowest BCUT2D eigenvalue weighted by molar-refractivity contribution is 0.403. The zero-order valence-corrected chi connectivity index (χ0v) is 12.3. The molecule has 0 aliphatic heterocycles. The van der Waals surface area contributed by atoms with Crippen molar-refractivity contribution in [3.8, 4) is 5.75 Å². The molecule has 0 amide bonds. The monoisotopic (exact) mass is 297 g/mol. The van der Waals surface area contributed by atoms with Gasteiger partial charge in [0.2, 0.25) is 0 Å². The molecule has 0 aliphatic carbocycles. The van der Waals surface area contributed by atoms with Crippen LogP contribution in [0.2, 0.25) is 0 Å². The van der Waals surface area contributed by atoms with E-state index >= 15 is 0 Å². The summed E-state index contributed by atoms with van der Waals surface area (Å²) in [6.45, 7) is 2.07. The first-order valence-corrected chi connectivity index (χ1v) is 6.82. The minimum absolute atomic E-state index is 0.158. The van der Waals surface area contributed by atoms with Crippen LogP contribution in [0.5, 0.6) is 5.75 Å². The molecular weight excluding hydrogens is 282 g/mol. The molecule has 0 atom stereocenters. The molecule has 0 N–H and O–H groups in total. The molecular formula is C16H15N3O3. The third kappa shape index (κ3) is 2.39. The number of aryl methyl sites for hydroxylation is 1. The van der Waals surface area contributed by atoms with Crippen LogP contribution in [0.1, 0.15) is 11.4 Å². The Labute approximate surface area is 126 Å². The summed E-state index contributed by atoms with van der Waals surface area (Å²) in [7, 11) is 1.45. The van der Waals surface area contributed by atoms with E-state index in [0.717, 1.165) is 5.69 Å². The third-order valence-corrected chi connectivity index (χ3v) is 3.47. The average Bonchev–Trinajstić information content (AvgIpc) is 2.49. The molecule has 3 rings (SSSR count). The molecule has 6 nitrogen and oxygen atoms in total. The highest BCUT2D eigenvalue weighted by Crippen LogP contribution is 2.05. The first-order chi connectivity index (χ1) is 10.6. The zero-order valence-electron chi connectivity index (χ0n) is 12.3. The van der Waals surface area contributed by atoms with Gasteiger partial charge in [0.15, 0.2) is 5.75 Å². The number of fused-ring (bicyclic) bond motifs is 1. The largest absolute Gasteiger partial charge is 0.491 e. The van der Waals surface area contributed by atoms with E-state index in [1.54, 1.807) is 24.4 Å². The minimum Gasteiger partial charge on any atom is -0.491 e. The van der Waals surface area contributed by atoms with Crippen LogP contribution < -0.4 is 15.9 Å². The van der Waals surface area contributed by atoms with Crippen molar-refractivity contribution >= 4 is 5.65 Å². The Morgan fingerprint density at radius 3 is 2.77 bits per heavy atom. The molecule has 0 unspecified atom stereocenters. The normalized spacial score (nSPS) is 10.8. The molecule has 22 heavy (non-hydrogen) atoms. The second-order valence-corrected chi connectivity index (χ2v) is 4.96. The maximum atomic E-state index is 12.2. The van der Waals surface area contributed by atoms with Crippen molar-refractivity contribution in [2.45, 2.75) is 13.5 Å². The predicted octanol–water partition coefficient (Wildman–Crippen LogP) is 1.22. The van der Waals surface area contributed by atoms with Gasteiger partial charge in [-0.2, -0.15) is 0 Å². The van der Waals surface area contributed by atoms with Gasteiger partial charge in [-0.3, -0.25) is 14.0 Å². The van der Waals surface area contributed by atoms with E-state index in [4.69, 9.17) is 4.74 Å². The summed E-state index contributed by atoms with van der Waals surface area (Å²) in [5, 5.41) is 0. The van der Waals surface area contributed by atoms with E-state index in [-0.39, 0.29) is 23.4 Å². The van der Waals surface area contributed by atoms with Gasteiger partial charge in [-0.25, -0.2) is 4.98 Å². The Bertz CT molecular complexity index is 957. The summed E-state index contributed by atoms with van der Waals surface area (Å²) in [6.07, 6.45) is 1.64. The van der Waals surface area contributed by atoms with Gasteiger partial charge in [0.25, 0.3) is 11.1 Å². The van der Waals surface area contributed by atoms with E-state index in [1.165, 1.54) is 22.1 Å². The summed E-state index contributed by atoms with van der Waals surface area (Å²) in [6, 6.07) is 10.2. The lowest BCUT2D eigenvalue weighted by atomic mass is 10.3. The van der Waals surface area contributed by atoms with Crippen LogP contribution in [-0.4, -0.2) is 21.1 Å². The van der Waals surface area contributed by atoms with Gasteiger partial charge < -0.3 is 9.30 Å². The van der Waals surface area contributed by atoms with Crippen LogP contribution in [0.4, 0.5) is 0 Å². The molecule has 0 radical (unpaired) electrons. The van der Waals surface area contributed by atoms with Crippen LogP contribution >= 0.6 is 0 Å². The number of rotatable bonds is 3. The standard InChI is InChI=1S/C16H15N3O3/c1-11-5-3-7-14-17-12(9-15(20)19(11)14)10-18-8-4-6-13(22-2)16(18)21/h3-9H,10H2,1-2H3. The van der Waals surface area contributed by atoms with Gasteiger partial charge >= 0.3 is 0 Å². The molecule has 0 bridgehead atoms. The fourth-order valence-corrected chi connectivity index (χ4v) is 2.41. The average molecular weight is 297 g/mol. The molecule has 112 valence electrons.